The van der Waals surface area contributed by atoms with Crippen molar-refractivity contribution in [3.63, 3.8) is 0 Å². The van der Waals surface area contributed by atoms with Crippen molar-refractivity contribution in [3.05, 3.63) is 71.0 Å². The molecule has 0 aliphatic heterocycles. The van der Waals surface area contributed by atoms with Crippen molar-refractivity contribution in [1.82, 2.24) is 9.55 Å². The highest BCUT2D eigenvalue weighted by Gasteiger charge is 2.07. The summed E-state index contributed by atoms with van der Waals surface area (Å²) in [5.41, 5.74) is 3.01. The van der Waals surface area contributed by atoms with E-state index in [-0.39, 0.29) is 5.91 Å². The maximum atomic E-state index is 11.1. The Bertz CT molecular complexity index is 807. The minimum Gasteiger partial charge on any atom is -0.327 e. The molecule has 0 saturated carbocycles. The Morgan fingerprint density at radius 3 is 2.48 bits per heavy atom. The van der Waals surface area contributed by atoms with E-state index in [4.69, 9.17) is 0 Å². The number of imidazole rings is 1. The number of carbonyl (C=O) groups excluding carboxylic acids is 1. The number of benzene rings is 2. The van der Waals surface area contributed by atoms with E-state index in [0.717, 1.165) is 28.1 Å². The lowest BCUT2D eigenvalue weighted by Gasteiger charge is -2.09. The van der Waals surface area contributed by atoms with E-state index in [1.807, 2.05) is 42.6 Å². The Morgan fingerprint density at radius 1 is 1.13 bits per heavy atom. The number of carbonyl (C=O) groups is 1. The van der Waals surface area contributed by atoms with Crippen LogP contribution in [0.3, 0.4) is 0 Å². The smallest absolute Gasteiger partial charge is 0.221 e. The van der Waals surface area contributed by atoms with Gasteiger partial charge in [-0.25, -0.2) is 4.98 Å². The summed E-state index contributed by atoms with van der Waals surface area (Å²) in [6.07, 6.45) is 3.77. The number of nitrogens with one attached hydrogen (secondary N) is 1. The molecule has 0 aliphatic rings. The maximum absolute atomic E-state index is 11.1. The molecule has 3 aromatic rings. The third-order valence-corrected chi connectivity index (χ3v) is 3.97. The average Bonchev–Trinajstić information content (AvgIpc) is 2.98. The fourth-order valence-electron chi connectivity index (χ4n) is 2.39. The van der Waals surface area contributed by atoms with Crippen LogP contribution in [-0.4, -0.2) is 15.5 Å². The molecule has 1 aromatic heterocycles. The highest BCUT2D eigenvalue weighted by molar-refractivity contribution is 9.10. The Kier molecular flexibility index (Phi) is 4.57. The number of hydrogen-bond donors (Lipinski definition) is 1. The van der Waals surface area contributed by atoms with Gasteiger partial charge < -0.3 is 9.88 Å². The van der Waals surface area contributed by atoms with Crippen LogP contribution in [0.25, 0.3) is 11.4 Å². The van der Waals surface area contributed by atoms with Gasteiger partial charge in [0.25, 0.3) is 0 Å². The molecule has 3 rings (SSSR count). The van der Waals surface area contributed by atoms with Gasteiger partial charge in [0.05, 0.1) is 0 Å². The lowest BCUT2D eigenvalue weighted by Crippen LogP contribution is -2.05. The second kappa shape index (κ2) is 6.79. The number of anilines is 1. The number of aromatic nitrogens is 2. The topological polar surface area (TPSA) is 46.9 Å². The zero-order valence-corrected chi connectivity index (χ0v) is 14.2. The Labute approximate surface area is 143 Å². The molecular formula is C18H16BrN3O. The molecule has 1 heterocycles. The molecule has 1 amide bonds. The van der Waals surface area contributed by atoms with Gasteiger partial charge in [0.15, 0.2) is 0 Å². The van der Waals surface area contributed by atoms with Crippen molar-refractivity contribution in [1.29, 1.82) is 0 Å². The molecule has 116 valence electrons. The Morgan fingerprint density at radius 2 is 1.83 bits per heavy atom. The molecule has 1 N–H and O–H groups in total. The van der Waals surface area contributed by atoms with Crippen LogP contribution < -0.4 is 5.32 Å². The number of hydrogen-bond acceptors (Lipinski definition) is 2. The first kappa shape index (κ1) is 15.5. The first-order chi connectivity index (χ1) is 11.1. The summed E-state index contributed by atoms with van der Waals surface area (Å²) in [4.78, 5) is 15.5. The highest BCUT2D eigenvalue weighted by atomic mass is 79.9. The summed E-state index contributed by atoms with van der Waals surface area (Å²) in [7, 11) is 0. The third-order valence-electron chi connectivity index (χ3n) is 3.45. The molecular weight excluding hydrogens is 354 g/mol. The van der Waals surface area contributed by atoms with Gasteiger partial charge in [0.1, 0.15) is 5.82 Å². The van der Waals surface area contributed by atoms with E-state index in [0.29, 0.717) is 0 Å². The molecule has 0 aliphatic carbocycles. The maximum Gasteiger partial charge on any atom is 0.221 e. The standard InChI is InChI=1S/C18H16BrN3O/c1-13(23)21-17-8-4-15(5-9-17)18-20-10-11-22(18)12-14-2-6-16(19)7-3-14/h2-11H,12H2,1H3,(H,21,23). The minimum atomic E-state index is -0.0745. The van der Waals surface area contributed by atoms with E-state index >= 15 is 0 Å². The molecule has 0 radical (unpaired) electrons. The van der Waals surface area contributed by atoms with E-state index in [2.05, 4.69) is 42.9 Å². The van der Waals surface area contributed by atoms with Crippen molar-refractivity contribution < 1.29 is 4.79 Å². The van der Waals surface area contributed by atoms with Crippen molar-refractivity contribution >= 4 is 27.5 Å². The fourth-order valence-corrected chi connectivity index (χ4v) is 2.65. The molecule has 4 nitrogen and oxygen atoms in total. The lowest BCUT2D eigenvalue weighted by molar-refractivity contribution is -0.114. The van der Waals surface area contributed by atoms with Crippen LogP contribution >= 0.6 is 15.9 Å². The van der Waals surface area contributed by atoms with Crippen LogP contribution in [0.2, 0.25) is 0 Å². The zero-order chi connectivity index (χ0) is 16.2. The van der Waals surface area contributed by atoms with E-state index in [9.17, 15) is 4.79 Å². The van der Waals surface area contributed by atoms with Crippen molar-refractivity contribution in [2.75, 3.05) is 5.32 Å². The van der Waals surface area contributed by atoms with Gasteiger partial charge in [0, 0.05) is 41.6 Å². The molecule has 2 aromatic carbocycles. The monoisotopic (exact) mass is 369 g/mol. The third kappa shape index (κ3) is 3.87. The fraction of sp³-hybridized carbons (Fsp3) is 0.111. The number of halogens is 1. The summed E-state index contributed by atoms with van der Waals surface area (Å²) in [5, 5.41) is 2.77. The first-order valence-electron chi connectivity index (χ1n) is 7.25. The number of amides is 1. The minimum absolute atomic E-state index is 0.0745. The van der Waals surface area contributed by atoms with Crippen LogP contribution in [0.5, 0.6) is 0 Å². The molecule has 0 fully saturated rings. The second-order valence-corrected chi connectivity index (χ2v) is 6.18. The SMILES string of the molecule is CC(=O)Nc1ccc(-c2nccn2Cc2ccc(Br)cc2)cc1. The van der Waals surface area contributed by atoms with Gasteiger partial charge >= 0.3 is 0 Å². The van der Waals surface area contributed by atoms with E-state index in [1.165, 1.54) is 12.5 Å². The first-order valence-corrected chi connectivity index (χ1v) is 8.05. The summed E-state index contributed by atoms with van der Waals surface area (Å²) in [6, 6.07) is 16.0. The largest absolute Gasteiger partial charge is 0.327 e. The highest BCUT2D eigenvalue weighted by Crippen LogP contribution is 2.21. The molecule has 0 unspecified atom stereocenters. The number of rotatable bonds is 4. The van der Waals surface area contributed by atoms with Gasteiger partial charge in [-0.05, 0) is 42.0 Å². The quantitative estimate of drug-likeness (QED) is 0.744. The zero-order valence-electron chi connectivity index (χ0n) is 12.7. The predicted molar refractivity (Wildman–Crippen MR) is 95.2 cm³/mol. The van der Waals surface area contributed by atoms with Crippen LogP contribution in [0.1, 0.15) is 12.5 Å². The predicted octanol–water partition coefficient (Wildman–Crippen LogP) is 4.32. The van der Waals surface area contributed by atoms with Crippen LogP contribution in [0.4, 0.5) is 5.69 Å². The van der Waals surface area contributed by atoms with E-state index in [1.54, 1.807) is 6.20 Å². The Balaban J connectivity index is 1.82. The summed E-state index contributed by atoms with van der Waals surface area (Å²) in [5.74, 6) is 0.830. The normalized spacial score (nSPS) is 10.5. The second-order valence-electron chi connectivity index (χ2n) is 5.26. The van der Waals surface area contributed by atoms with Crippen molar-refractivity contribution in [2.24, 2.45) is 0 Å². The van der Waals surface area contributed by atoms with Crippen molar-refractivity contribution in [3.8, 4) is 11.4 Å². The summed E-state index contributed by atoms with van der Waals surface area (Å²) >= 11 is 3.45. The van der Waals surface area contributed by atoms with Crippen molar-refractivity contribution in [2.45, 2.75) is 13.5 Å². The summed E-state index contributed by atoms with van der Waals surface area (Å²) < 4.78 is 3.18. The molecule has 0 saturated heterocycles. The van der Waals surface area contributed by atoms with Crippen LogP contribution in [0.15, 0.2) is 65.4 Å². The van der Waals surface area contributed by atoms with E-state index < -0.39 is 0 Å². The van der Waals surface area contributed by atoms with Gasteiger partial charge in [0.2, 0.25) is 5.91 Å². The van der Waals surface area contributed by atoms with Crippen LogP contribution in [-0.2, 0) is 11.3 Å². The van der Waals surface area contributed by atoms with Gasteiger partial charge in [-0.1, -0.05) is 28.1 Å². The lowest BCUT2D eigenvalue weighted by atomic mass is 10.1. The van der Waals surface area contributed by atoms with Gasteiger partial charge in [-0.2, -0.15) is 0 Å². The summed E-state index contributed by atoms with van der Waals surface area (Å²) in [6.45, 7) is 2.26. The van der Waals surface area contributed by atoms with Crippen LogP contribution in [0, 0.1) is 0 Å². The Hall–Kier alpha value is -2.40. The molecule has 0 bridgehead atoms. The molecule has 0 spiro atoms. The van der Waals surface area contributed by atoms with Gasteiger partial charge in [-0.15, -0.1) is 0 Å². The number of nitrogens with zero attached hydrogens (tertiary/aromatic N) is 2. The molecule has 0 atom stereocenters. The molecule has 23 heavy (non-hydrogen) atoms. The average molecular weight is 370 g/mol. The van der Waals surface area contributed by atoms with Gasteiger partial charge in [-0.3, -0.25) is 4.79 Å². The molecule has 5 heteroatoms.